The maximum atomic E-state index is 12.4. The molecule has 3 N–H and O–H groups in total. The first-order valence-electron chi connectivity index (χ1n) is 6.86. The van der Waals surface area contributed by atoms with Gasteiger partial charge < -0.3 is 25.3 Å². The Hall–Kier alpha value is -2.58. The maximum absolute atomic E-state index is 12.4. The second-order valence-electron chi connectivity index (χ2n) is 4.38. The number of anilines is 1. The number of carbonyl (C=O) groups excluding carboxylic acids is 1. The summed E-state index contributed by atoms with van der Waals surface area (Å²) in [6.45, 7) is 0.869. The third-order valence-corrected chi connectivity index (χ3v) is 2.89. The zero-order valence-corrected chi connectivity index (χ0v) is 14.1. The van der Waals surface area contributed by atoms with E-state index >= 15 is 0 Å². The van der Waals surface area contributed by atoms with Crippen molar-refractivity contribution in [2.75, 3.05) is 32.7 Å². The molecule has 1 aromatic carbocycles. The van der Waals surface area contributed by atoms with Crippen molar-refractivity contribution in [1.82, 2.24) is 9.97 Å². The van der Waals surface area contributed by atoms with Gasteiger partial charge in [-0.05, 0) is 24.3 Å². The van der Waals surface area contributed by atoms with Crippen LogP contribution in [0.2, 0.25) is 0 Å². The molecule has 0 unspecified atom stereocenters. The number of halogens is 1. The molecule has 0 atom stereocenters. The van der Waals surface area contributed by atoms with Crippen LogP contribution in [0.5, 0.6) is 17.5 Å². The van der Waals surface area contributed by atoms with Crippen molar-refractivity contribution in [2.24, 2.45) is 5.73 Å². The van der Waals surface area contributed by atoms with Crippen molar-refractivity contribution in [3.8, 4) is 17.5 Å². The zero-order valence-electron chi connectivity index (χ0n) is 13.3. The van der Waals surface area contributed by atoms with E-state index in [-0.39, 0.29) is 29.7 Å². The number of amides is 1. The minimum absolute atomic E-state index is 0. The highest BCUT2D eigenvalue weighted by molar-refractivity contribution is 6.07. The van der Waals surface area contributed by atoms with Crippen LogP contribution in [0.3, 0.4) is 0 Å². The van der Waals surface area contributed by atoms with Crippen molar-refractivity contribution in [3.63, 3.8) is 0 Å². The van der Waals surface area contributed by atoms with Gasteiger partial charge in [0.05, 0.1) is 14.2 Å². The number of nitrogens with two attached hydrogens (primary N) is 1. The molecule has 24 heavy (non-hydrogen) atoms. The first-order valence-corrected chi connectivity index (χ1v) is 6.86. The van der Waals surface area contributed by atoms with Crippen LogP contribution in [0.15, 0.2) is 30.6 Å². The summed E-state index contributed by atoms with van der Waals surface area (Å²) in [5, 5.41) is 2.73. The molecule has 8 nitrogen and oxygen atoms in total. The van der Waals surface area contributed by atoms with Crippen LogP contribution < -0.4 is 25.3 Å². The fourth-order valence-corrected chi connectivity index (χ4v) is 1.86. The molecule has 0 saturated carbocycles. The molecular formula is C15H19ClN4O4. The zero-order chi connectivity index (χ0) is 16.7. The molecule has 0 aliphatic carbocycles. The summed E-state index contributed by atoms with van der Waals surface area (Å²) in [6.07, 6.45) is 1.26. The summed E-state index contributed by atoms with van der Waals surface area (Å²) < 4.78 is 15.5. The Morgan fingerprint density at radius 2 is 1.71 bits per heavy atom. The van der Waals surface area contributed by atoms with E-state index in [1.54, 1.807) is 24.3 Å². The Labute approximate surface area is 145 Å². The van der Waals surface area contributed by atoms with E-state index in [2.05, 4.69) is 15.3 Å². The number of ether oxygens (including phenoxy) is 3. The standard InChI is InChI=1S/C15H18N4O4.ClH/c1-21-14-12(15(22-2)18-9-17-14)13(20)19-10-3-5-11(6-4-10)23-8-7-16;/h3-6,9H,7-8,16H2,1-2H3,(H,19,20);1H. The predicted octanol–water partition coefficient (Wildman–Crippen LogP) is 1.51. The average molecular weight is 355 g/mol. The summed E-state index contributed by atoms with van der Waals surface area (Å²) >= 11 is 0. The number of methoxy groups -OCH3 is 2. The lowest BCUT2D eigenvalue weighted by Crippen LogP contribution is -2.16. The van der Waals surface area contributed by atoms with Crippen molar-refractivity contribution < 1.29 is 19.0 Å². The summed E-state index contributed by atoms with van der Waals surface area (Å²) in [7, 11) is 2.84. The van der Waals surface area contributed by atoms with Crippen LogP contribution in [0, 0.1) is 0 Å². The van der Waals surface area contributed by atoms with Crippen LogP contribution in [0.1, 0.15) is 10.4 Å². The SMILES string of the molecule is COc1ncnc(OC)c1C(=O)Nc1ccc(OCCN)cc1.Cl. The third-order valence-electron chi connectivity index (χ3n) is 2.89. The summed E-state index contributed by atoms with van der Waals surface area (Å²) in [6, 6.07) is 6.90. The van der Waals surface area contributed by atoms with Crippen molar-refractivity contribution in [3.05, 3.63) is 36.2 Å². The average Bonchev–Trinajstić information content (AvgIpc) is 2.60. The first-order chi connectivity index (χ1) is 11.2. The number of hydrogen-bond acceptors (Lipinski definition) is 7. The van der Waals surface area contributed by atoms with E-state index in [0.29, 0.717) is 24.6 Å². The minimum Gasteiger partial charge on any atom is -0.492 e. The van der Waals surface area contributed by atoms with Gasteiger partial charge in [0, 0.05) is 12.2 Å². The van der Waals surface area contributed by atoms with E-state index in [0.717, 1.165) is 0 Å². The number of carbonyl (C=O) groups is 1. The van der Waals surface area contributed by atoms with Crippen LogP contribution in [0.25, 0.3) is 0 Å². The molecule has 0 fully saturated rings. The number of hydrogen-bond donors (Lipinski definition) is 2. The van der Waals surface area contributed by atoms with Crippen LogP contribution in [-0.4, -0.2) is 43.2 Å². The highest BCUT2D eigenvalue weighted by atomic mass is 35.5. The van der Waals surface area contributed by atoms with Crippen LogP contribution >= 0.6 is 12.4 Å². The highest BCUT2D eigenvalue weighted by Crippen LogP contribution is 2.25. The molecule has 0 aliphatic heterocycles. The monoisotopic (exact) mass is 354 g/mol. The topological polar surface area (TPSA) is 109 Å². The van der Waals surface area contributed by atoms with E-state index in [1.807, 2.05) is 0 Å². The molecule has 0 saturated heterocycles. The second-order valence-corrected chi connectivity index (χ2v) is 4.38. The van der Waals surface area contributed by atoms with E-state index in [1.165, 1.54) is 20.5 Å². The van der Waals surface area contributed by atoms with Crippen molar-refractivity contribution in [2.45, 2.75) is 0 Å². The van der Waals surface area contributed by atoms with E-state index in [9.17, 15) is 4.79 Å². The van der Waals surface area contributed by atoms with Gasteiger partial charge in [0.15, 0.2) is 5.56 Å². The Bertz CT molecular complexity index is 645. The number of benzene rings is 1. The predicted molar refractivity (Wildman–Crippen MR) is 91.3 cm³/mol. The van der Waals surface area contributed by atoms with Crippen molar-refractivity contribution >= 4 is 24.0 Å². The molecule has 0 aliphatic rings. The largest absolute Gasteiger partial charge is 0.492 e. The quantitative estimate of drug-likeness (QED) is 0.775. The van der Waals surface area contributed by atoms with Gasteiger partial charge in [-0.3, -0.25) is 4.79 Å². The van der Waals surface area contributed by atoms with Gasteiger partial charge in [0.2, 0.25) is 11.8 Å². The minimum atomic E-state index is -0.435. The lowest BCUT2D eigenvalue weighted by molar-refractivity contribution is 0.101. The highest BCUT2D eigenvalue weighted by Gasteiger charge is 2.21. The molecule has 0 spiro atoms. The summed E-state index contributed by atoms with van der Waals surface area (Å²) in [4.78, 5) is 20.3. The molecule has 0 bridgehead atoms. The van der Waals surface area contributed by atoms with Gasteiger partial charge in [-0.25, -0.2) is 9.97 Å². The lowest BCUT2D eigenvalue weighted by atomic mass is 10.2. The fourth-order valence-electron chi connectivity index (χ4n) is 1.86. The Balaban J connectivity index is 0.00000288. The van der Waals surface area contributed by atoms with E-state index in [4.69, 9.17) is 19.9 Å². The molecule has 130 valence electrons. The molecule has 2 rings (SSSR count). The maximum Gasteiger partial charge on any atom is 0.266 e. The number of rotatable bonds is 7. The summed E-state index contributed by atoms with van der Waals surface area (Å²) in [5.41, 5.74) is 6.09. The molecule has 2 aromatic rings. The Kier molecular flexibility index (Phi) is 7.73. The van der Waals surface area contributed by atoms with Gasteiger partial charge in [0.1, 0.15) is 18.7 Å². The molecule has 1 heterocycles. The normalized spacial score (nSPS) is 9.62. The van der Waals surface area contributed by atoms with Crippen LogP contribution in [-0.2, 0) is 0 Å². The molecular weight excluding hydrogens is 336 g/mol. The van der Waals surface area contributed by atoms with Gasteiger partial charge in [-0.1, -0.05) is 0 Å². The van der Waals surface area contributed by atoms with Crippen LogP contribution in [0.4, 0.5) is 5.69 Å². The third kappa shape index (κ3) is 4.71. The molecule has 1 amide bonds. The molecule has 0 radical (unpaired) electrons. The van der Waals surface area contributed by atoms with E-state index < -0.39 is 5.91 Å². The smallest absolute Gasteiger partial charge is 0.266 e. The fraction of sp³-hybridized carbons (Fsp3) is 0.267. The molecule has 1 aromatic heterocycles. The lowest BCUT2D eigenvalue weighted by Gasteiger charge is -2.11. The summed E-state index contributed by atoms with van der Waals surface area (Å²) in [5.74, 6) is 0.510. The molecule has 9 heteroatoms. The van der Waals surface area contributed by atoms with Crippen molar-refractivity contribution in [1.29, 1.82) is 0 Å². The van der Waals surface area contributed by atoms with Gasteiger partial charge in [0.25, 0.3) is 5.91 Å². The number of nitrogens with zero attached hydrogens (tertiary/aromatic N) is 2. The number of aromatic nitrogens is 2. The van der Waals surface area contributed by atoms with Gasteiger partial charge in [-0.15, -0.1) is 12.4 Å². The second kappa shape index (κ2) is 9.53. The first kappa shape index (κ1) is 19.5. The Morgan fingerprint density at radius 1 is 1.12 bits per heavy atom. The Morgan fingerprint density at radius 3 is 2.21 bits per heavy atom. The van der Waals surface area contributed by atoms with Gasteiger partial charge >= 0.3 is 0 Å². The number of nitrogens with one attached hydrogen (secondary N) is 1. The van der Waals surface area contributed by atoms with Gasteiger partial charge in [-0.2, -0.15) is 0 Å².